The van der Waals surface area contributed by atoms with Crippen molar-refractivity contribution in [3.8, 4) is 0 Å². The van der Waals surface area contributed by atoms with Crippen LogP contribution in [0.5, 0.6) is 0 Å². The molecule has 0 aliphatic carbocycles. The smallest absolute Gasteiger partial charge is 0.330 e. The number of nitrogens with zero attached hydrogens (tertiary/aromatic N) is 1. The molecule has 2 saturated heterocycles. The molecule has 118 valence electrons. The second-order valence-corrected chi connectivity index (χ2v) is 5.54. The van der Waals surface area contributed by atoms with E-state index in [0.717, 1.165) is 31.5 Å². The summed E-state index contributed by atoms with van der Waals surface area (Å²) in [6, 6.07) is 8.15. The first-order valence-electron chi connectivity index (χ1n) is 7.60. The van der Waals surface area contributed by atoms with Gasteiger partial charge in [-0.2, -0.15) is 0 Å². The molecule has 0 amide bonds. The van der Waals surface area contributed by atoms with Crippen LogP contribution in [0.3, 0.4) is 0 Å². The van der Waals surface area contributed by atoms with E-state index in [1.165, 1.54) is 18.9 Å². The van der Waals surface area contributed by atoms with Gasteiger partial charge in [-0.25, -0.2) is 4.79 Å². The Hall–Kier alpha value is -1.85. The standard InChI is InChI=1S/C17H21NO4/c1-20-16(19)7-4-14-2-5-15(6-3-14)18-10-8-17(9-11-18)21-12-13-22-17/h2-7H,8-13H2,1H3/b7-4+. The number of anilines is 1. The zero-order valence-corrected chi connectivity index (χ0v) is 12.8. The lowest BCUT2D eigenvalue weighted by molar-refractivity contribution is -0.169. The molecule has 5 nitrogen and oxygen atoms in total. The molecule has 0 unspecified atom stereocenters. The zero-order valence-electron chi connectivity index (χ0n) is 12.8. The van der Waals surface area contributed by atoms with E-state index in [-0.39, 0.29) is 11.8 Å². The monoisotopic (exact) mass is 303 g/mol. The van der Waals surface area contributed by atoms with Crippen molar-refractivity contribution in [1.82, 2.24) is 0 Å². The van der Waals surface area contributed by atoms with Gasteiger partial charge in [0.1, 0.15) is 0 Å². The fourth-order valence-corrected chi connectivity index (χ4v) is 2.92. The third kappa shape index (κ3) is 3.31. The van der Waals surface area contributed by atoms with Crippen LogP contribution in [-0.2, 0) is 19.0 Å². The van der Waals surface area contributed by atoms with Gasteiger partial charge in [-0.3, -0.25) is 0 Å². The largest absolute Gasteiger partial charge is 0.466 e. The van der Waals surface area contributed by atoms with Gasteiger partial charge in [0, 0.05) is 37.7 Å². The maximum absolute atomic E-state index is 11.1. The van der Waals surface area contributed by atoms with E-state index in [0.29, 0.717) is 13.2 Å². The lowest BCUT2D eigenvalue weighted by Gasteiger charge is -2.38. The molecule has 0 aromatic heterocycles. The lowest BCUT2D eigenvalue weighted by atomic mass is 10.0. The second kappa shape index (κ2) is 6.50. The Morgan fingerprint density at radius 1 is 1.18 bits per heavy atom. The van der Waals surface area contributed by atoms with Gasteiger partial charge in [0.25, 0.3) is 0 Å². The van der Waals surface area contributed by atoms with Crippen molar-refractivity contribution in [2.75, 3.05) is 38.3 Å². The number of hydrogen-bond donors (Lipinski definition) is 0. The Kier molecular flexibility index (Phi) is 4.45. The Bertz CT molecular complexity index is 536. The molecule has 0 bridgehead atoms. The fourth-order valence-electron chi connectivity index (χ4n) is 2.92. The molecule has 2 heterocycles. The van der Waals surface area contributed by atoms with Gasteiger partial charge in [0.15, 0.2) is 5.79 Å². The number of esters is 1. The minimum absolute atomic E-state index is 0.334. The van der Waals surface area contributed by atoms with Crippen LogP contribution in [0.4, 0.5) is 5.69 Å². The zero-order chi connectivity index (χ0) is 15.4. The fraction of sp³-hybridized carbons (Fsp3) is 0.471. The van der Waals surface area contributed by atoms with Crippen molar-refractivity contribution in [1.29, 1.82) is 0 Å². The van der Waals surface area contributed by atoms with E-state index in [4.69, 9.17) is 9.47 Å². The summed E-state index contributed by atoms with van der Waals surface area (Å²) < 4.78 is 16.1. The Balaban J connectivity index is 1.59. The summed E-state index contributed by atoms with van der Waals surface area (Å²) in [6.07, 6.45) is 4.98. The van der Waals surface area contributed by atoms with Gasteiger partial charge in [0.2, 0.25) is 0 Å². The van der Waals surface area contributed by atoms with Crippen LogP contribution in [0.2, 0.25) is 0 Å². The van der Waals surface area contributed by atoms with Gasteiger partial charge in [-0.15, -0.1) is 0 Å². The number of carbonyl (C=O) groups is 1. The highest BCUT2D eigenvalue weighted by Crippen LogP contribution is 2.33. The van der Waals surface area contributed by atoms with Crippen LogP contribution in [0.25, 0.3) is 6.08 Å². The first-order valence-corrected chi connectivity index (χ1v) is 7.60. The number of carbonyl (C=O) groups excluding carboxylic acids is 1. The summed E-state index contributed by atoms with van der Waals surface area (Å²) in [5.74, 6) is -0.679. The van der Waals surface area contributed by atoms with E-state index >= 15 is 0 Å². The first kappa shape index (κ1) is 15.1. The second-order valence-electron chi connectivity index (χ2n) is 5.54. The molecule has 22 heavy (non-hydrogen) atoms. The number of piperidine rings is 1. The molecule has 0 atom stereocenters. The molecule has 3 rings (SSSR count). The molecule has 2 aliphatic heterocycles. The van der Waals surface area contributed by atoms with Gasteiger partial charge in [-0.05, 0) is 23.8 Å². The molecule has 2 aliphatic rings. The van der Waals surface area contributed by atoms with Crippen molar-refractivity contribution in [2.24, 2.45) is 0 Å². The van der Waals surface area contributed by atoms with Crippen LogP contribution in [-0.4, -0.2) is 45.2 Å². The predicted octanol–water partition coefficient (Wildman–Crippen LogP) is 2.22. The topological polar surface area (TPSA) is 48.0 Å². The number of rotatable bonds is 3. The molecule has 1 spiro atoms. The van der Waals surface area contributed by atoms with Gasteiger partial charge in [0.05, 0.1) is 20.3 Å². The predicted molar refractivity (Wildman–Crippen MR) is 83.6 cm³/mol. The van der Waals surface area contributed by atoms with E-state index in [1.54, 1.807) is 6.08 Å². The molecular formula is C17H21NO4. The summed E-state index contributed by atoms with van der Waals surface area (Å²) in [5.41, 5.74) is 2.16. The molecule has 0 N–H and O–H groups in total. The summed E-state index contributed by atoms with van der Waals surface area (Å²) in [4.78, 5) is 13.4. The first-order chi connectivity index (χ1) is 10.7. The summed E-state index contributed by atoms with van der Waals surface area (Å²) in [6.45, 7) is 3.27. The van der Waals surface area contributed by atoms with Crippen LogP contribution in [0, 0.1) is 0 Å². The maximum Gasteiger partial charge on any atom is 0.330 e. The third-order valence-corrected chi connectivity index (χ3v) is 4.21. The van der Waals surface area contributed by atoms with Gasteiger partial charge in [-0.1, -0.05) is 12.1 Å². The Morgan fingerprint density at radius 2 is 1.82 bits per heavy atom. The lowest BCUT2D eigenvalue weighted by Crippen LogP contribution is -2.45. The van der Waals surface area contributed by atoms with E-state index in [9.17, 15) is 4.79 Å². The number of hydrogen-bond acceptors (Lipinski definition) is 5. The van der Waals surface area contributed by atoms with Crippen molar-refractivity contribution in [3.63, 3.8) is 0 Å². The van der Waals surface area contributed by atoms with Crippen molar-refractivity contribution in [3.05, 3.63) is 35.9 Å². The molecule has 1 aromatic carbocycles. The SMILES string of the molecule is COC(=O)/C=C/c1ccc(N2CCC3(CC2)OCCO3)cc1. The molecule has 0 radical (unpaired) electrons. The number of methoxy groups -OCH3 is 1. The van der Waals surface area contributed by atoms with E-state index in [2.05, 4.69) is 21.8 Å². The van der Waals surface area contributed by atoms with Crippen molar-refractivity contribution >= 4 is 17.7 Å². The number of benzene rings is 1. The molecule has 0 saturated carbocycles. The molecule has 1 aromatic rings. The van der Waals surface area contributed by atoms with Crippen molar-refractivity contribution in [2.45, 2.75) is 18.6 Å². The summed E-state index contributed by atoms with van der Waals surface area (Å²) >= 11 is 0. The Labute approximate surface area is 130 Å². The van der Waals surface area contributed by atoms with Crippen LogP contribution in [0.15, 0.2) is 30.3 Å². The number of ether oxygens (including phenoxy) is 3. The summed E-state index contributed by atoms with van der Waals surface area (Å²) in [7, 11) is 1.37. The van der Waals surface area contributed by atoms with E-state index < -0.39 is 0 Å². The maximum atomic E-state index is 11.1. The quantitative estimate of drug-likeness (QED) is 0.633. The highest BCUT2D eigenvalue weighted by Gasteiger charge is 2.39. The average molecular weight is 303 g/mol. The minimum atomic E-state index is -0.345. The molecular weight excluding hydrogens is 282 g/mol. The third-order valence-electron chi connectivity index (χ3n) is 4.21. The summed E-state index contributed by atoms with van der Waals surface area (Å²) in [5, 5.41) is 0. The van der Waals surface area contributed by atoms with Gasteiger partial charge >= 0.3 is 5.97 Å². The van der Waals surface area contributed by atoms with Crippen LogP contribution >= 0.6 is 0 Å². The molecule has 5 heteroatoms. The van der Waals surface area contributed by atoms with Gasteiger partial charge < -0.3 is 19.1 Å². The highest BCUT2D eigenvalue weighted by molar-refractivity contribution is 5.86. The van der Waals surface area contributed by atoms with Crippen molar-refractivity contribution < 1.29 is 19.0 Å². The Morgan fingerprint density at radius 3 is 2.41 bits per heavy atom. The van der Waals surface area contributed by atoms with Crippen LogP contribution in [0.1, 0.15) is 18.4 Å². The van der Waals surface area contributed by atoms with E-state index in [1.807, 2.05) is 12.1 Å². The van der Waals surface area contributed by atoms with Crippen LogP contribution < -0.4 is 4.90 Å². The minimum Gasteiger partial charge on any atom is -0.466 e. The highest BCUT2D eigenvalue weighted by atomic mass is 16.7. The molecule has 2 fully saturated rings. The average Bonchev–Trinajstić information content (AvgIpc) is 3.02. The normalized spacial score (nSPS) is 20.7.